The maximum absolute atomic E-state index is 13.2. The van der Waals surface area contributed by atoms with Gasteiger partial charge in [0.05, 0.1) is 11.1 Å². The average molecular weight is 402 g/mol. The first kappa shape index (κ1) is 17.6. The number of epoxide rings is 1. The van der Waals surface area contributed by atoms with Crippen LogP contribution in [0.15, 0.2) is 42.5 Å². The van der Waals surface area contributed by atoms with Gasteiger partial charge in [0.25, 0.3) is 5.91 Å². The van der Waals surface area contributed by atoms with Crippen molar-refractivity contribution in [1.29, 1.82) is 0 Å². The van der Waals surface area contributed by atoms with E-state index in [-0.39, 0.29) is 31.5 Å². The molecule has 3 aliphatic heterocycles. The smallest absolute Gasteiger partial charge is 0.261 e. The summed E-state index contributed by atoms with van der Waals surface area (Å²) in [4.78, 5) is 15.1. The molecule has 3 aliphatic rings. The lowest BCUT2D eigenvalue weighted by atomic mass is 9.94. The van der Waals surface area contributed by atoms with E-state index in [1.165, 1.54) is 0 Å². The van der Waals surface area contributed by atoms with Crippen molar-refractivity contribution in [2.24, 2.45) is 0 Å². The average Bonchev–Trinajstić information content (AvgIpc) is 3.28. The Morgan fingerprint density at radius 3 is 2.79 bits per heavy atom. The molecule has 0 unspecified atom stereocenters. The largest absolute Gasteiger partial charge is 0.488 e. The first-order chi connectivity index (χ1) is 13.6. The van der Waals surface area contributed by atoms with E-state index in [1.54, 1.807) is 12.1 Å². The molecule has 6 nitrogen and oxygen atoms in total. The highest BCUT2D eigenvalue weighted by Crippen LogP contribution is 2.47. The summed E-state index contributed by atoms with van der Waals surface area (Å²) in [6, 6.07) is 13.3. The molecular weight excluding hydrogens is 382 g/mol. The Labute approximate surface area is 167 Å². The van der Waals surface area contributed by atoms with Crippen LogP contribution in [-0.2, 0) is 9.53 Å². The van der Waals surface area contributed by atoms with Crippen LogP contribution in [0.1, 0.15) is 24.9 Å². The van der Waals surface area contributed by atoms with Gasteiger partial charge < -0.3 is 23.8 Å². The highest BCUT2D eigenvalue weighted by atomic mass is 35.5. The summed E-state index contributed by atoms with van der Waals surface area (Å²) >= 11 is 6.28. The van der Waals surface area contributed by atoms with Crippen LogP contribution in [0.5, 0.6) is 17.2 Å². The third-order valence-corrected chi connectivity index (χ3v) is 5.98. The Morgan fingerprint density at radius 2 is 2.00 bits per heavy atom. The highest BCUT2D eigenvalue weighted by molar-refractivity contribution is 6.32. The van der Waals surface area contributed by atoms with Crippen LogP contribution in [0, 0.1) is 0 Å². The van der Waals surface area contributed by atoms with Crippen molar-refractivity contribution >= 4 is 17.5 Å². The number of benzene rings is 2. The lowest BCUT2D eigenvalue weighted by molar-refractivity contribution is -0.141. The van der Waals surface area contributed by atoms with Gasteiger partial charge in [0, 0.05) is 18.7 Å². The second-order valence-corrected chi connectivity index (χ2v) is 7.70. The molecule has 0 saturated carbocycles. The maximum Gasteiger partial charge on any atom is 0.261 e. The van der Waals surface area contributed by atoms with Crippen LogP contribution in [-0.4, -0.2) is 42.5 Å². The van der Waals surface area contributed by atoms with Crippen molar-refractivity contribution in [1.82, 2.24) is 4.90 Å². The van der Waals surface area contributed by atoms with E-state index in [4.69, 9.17) is 30.5 Å². The molecule has 3 heterocycles. The molecule has 146 valence electrons. The molecule has 0 spiro atoms. The fourth-order valence-corrected chi connectivity index (χ4v) is 4.17. The predicted octanol–water partition coefficient (Wildman–Crippen LogP) is 3.58. The molecule has 2 saturated heterocycles. The van der Waals surface area contributed by atoms with Crippen LogP contribution in [0.3, 0.4) is 0 Å². The van der Waals surface area contributed by atoms with Gasteiger partial charge in [0.1, 0.15) is 18.5 Å². The van der Waals surface area contributed by atoms with Crippen molar-refractivity contribution < 1.29 is 23.7 Å². The van der Waals surface area contributed by atoms with Crippen LogP contribution in [0.2, 0.25) is 5.02 Å². The molecule has 3 atom stereocenters. The van der Waals surface area contributed by atoms with E-state index >= 15 is 0 Å². The van der Waals surface area contributed by atoms with Crippen molar-refractivity contribution in [2.45, 2.75) is 31.1 Å². The van der Waals surface area contributed by atoms with E-state index in [9.17, 15) is 4.79 Å². The van der Waals surface area contributed by atoms with E-state index in [0.29, 0.717) is 28.8 Å². The zero-order chi connectivity index (χ0) is 19.3. The number of likely N-dealkylation sites (tertiary alicyclic amines) is 1. The third-order valence-electron chi connectivity index (χ3n) is 5.69. The minimum Gasteiger partial charge on any atom is -0.488 e. The summed E-state index contributed by atoms with van der Waals surface area (Å²) in [5, 5.41) is 0.413. The molecule has 7 heteroatoms. The van der Waals surface area contributed by atoms with E-state index in [2.05, 4.69) is 0 Å². The number of carbonyl (C=O) groups is 1. The maximum atomic E-state index is 13.2. The number of halogens is 1. The van der Waals surface area contributed by atoms with Gasteiger partial charge in [0.15, 0.2) is 11.5 Å². The molecule has 0 aromatic heterocycles. The van der Waals surface area contributed by atoms with Gasteiger partial charge in [-0.3, -0.25) is 4.79 Å². The van der Waals surface area contributed by atoms with Crippen molar-refractivity contribution in [3.05, 3.63) is 53.1 Å². The SMILES string of the molecule is C[C@@H](c1ccccc1)N1CC[C@H]2O[C@@]2(COc2cc3c(cc2Cl)OCO3)C1=O. The van der Waals surface area contributed by atoms with Gasteiger partial charge >= 0.3 is 0 Å². The zero-order valence-corrected chi connectivity index (χ0v) is 16.1. The van der Waals surface area contributed by atoms with Crippen molar-refractivity contribution in [3.63, 3.8) is 0 Å². The van der Waals surface area contributed by atoms with Gasteiger partial charge in [-0.1, -0.05) is 41.9 Å². The number of nitrogens with zero attached hydrogens (tertiary/aromatic N) is 1. The quantitative estimate of drug-likeness (QED) is 0.717. The van der Waals surface area contributed by atoms with Gasteiger partial charge in [-0.25, -0.2) is 0 Å². The molecule has 0 aliphatic carbocycles. The number of rotatable bonds is 5. The summed E-state index contributed by atoms with van der Waals surface area (Å²) in [6.07, 6.45) is 0.688. The summed E-state index contributed by atoms with van der Waals surface area (Å²) < 4.78 is 22.4. The Kier molecular flexibility index (Phi) is 4.14. The van der Waals surface area contributed by atoms with Crippen LogP contribution in [0.25, 0.3) is 0 Å². The minimum atomic E-state index is -0.930. The Bertz CT molecular complexity index is 921. The number of hydrogen-bond acceptors (Lipinski definition) is 5. The Hall–Kier alpha value is -2.44. The van der Waals surface area contributed by atoms with E-state index in [1.807, 2.05) is 42.2 Å². The van der Waals surface area contributed by atoms with Crippen LogP contribution >= 0.6 is 11.6 Å². The molecule has 2 aromatic carbocycles. The Balaban J connectivity index is 1.33. The van der Waals surface area contributed by atoms with E-state index < -0.39 is 5.60 Å². The fourth-order valence-electron chi connectivity index (χ4n) is 3.96. The highest BCUT2D eigenvalue weighted by Gasteiger charge is 2.67. The van der Waals surface area contributed by atoms with Crippen molar-refractivity contribution in [3.8, 4) is 17.2 Å². The molecule has 2 fully saturated rings. The standard InChI is InChI=1S/C21H20ClNO5/c1-13(14-5-3-2-4-6-14)23-8-7-19-21(28-19,20(23)24)11-25-16-10-18-17(9-15(16)22)26-12-27-18/h2-6,9-10,13,19H,7-8,11-12H2,1H3/t13-,19+,21+/m0/s1. The van der Waals surface area contributed by atoms with E-state index in [0.717, 1.165) is 12.0 Å². The fraction of sp³-hybridized carbons (Fsp3) is 0.381. The van der Waals surface area contributed by atoms with Gasteiger partial charge in [-0.05, 0) is 18.9 Å². The van der Waals surface area contributed by atoms with Gasteiger partial charge in [-0.15, -0.1) is 0 Å². The molecule has 5 rings (SSSR count). The zero-order valence-electron chi connectivity index (χ0n) is 15.4. The molecular formula is C21H20ClNO5. The minimum absolute atomic E-state index is 0.0233. The Morgan fingerprint density at radius 1 is 1.25 bits per heavy atom. The number of carbonyl (C=O) groups excluding carboxylic acids is 1. The predicted molar refractivity (Wildman–Crippen MR) is 102 cm³/mol. The number of amides is 1. The molecule has 1 amide bonds. The molecule has 0 bridgehead atoms. The van der Waals surface area contributed by atoms with Crippen LogP contribution in [0.4, 0.5) is 0 Å². The molecule has 0 radical (unpaired) electrons. The summed E-state index contributed by atoms with van der Waals surface area (Å²) in [7, 11) is 0. The normalized spacial score (nSPS) is 26.0. The molecule has 28 heavy (non-hydrogen) atoms. The summed E-state index contributed by atoms with van der Waals surface area (Å²) in [5.41, 5.74) is 0.172. The second-order valence-electron chi connectivity index (χ2n) is 7.29. The molecule has 0 N–H and O–H groups in total. The van der Waals surface area contributed by atoms with Crippen molar-refractivity contribution in [2.75, 3.05) is 19.9 Å². The summed E-state index contributed by atoms with van der Waals surface area (Å²) in [6.45, 7) is 2.99. The second kappa shape index (κ2) is 6.57. The number of ether oxygens (including phenoxy) is 4. The lowest BCUT2D eigenvalue weighted by Gasteiger charge is -2.34. The third kappa shape index (κ3) is 2.79. The number of piperidine rings is 1. The van der Waals surface area contributed by atoms with Crippen LogP contribution < -0.4 is 14.2 Å². The lowest BCUT2D eigenvalue weighted by Crippen LogP contribution is -2.51. The summed E-state index contributed by atoms with van der Waals surface area (Å²) in [5.74, 6) is 1.60. The molecule has 2 aromatic rings. The number of hydrogen-bond donors (Lipinski definition) is 0. The first-order valence-corrected chi connectivity index (χ1v) is 9.72. The van der Waals surface area contributed by atoms with Gasteiger partial charge in [-0.2, -0.15) is 0 Å². The topological polar surface area (TPSA) is 60.5 Å². The van der Waals surface area contributed by atoms with Gasteiger partial charge in [0.2, 0.25) is 12.4 Å². The number of fused-ring (bicyclic) bond motifs is 2. The first-order valence-electron chi connectivity index (χ1n) is 9.34. The monoisotopic (exact) mass is 401 g/mol.